The maximum absolute atomic E-state index is 4.13. The summed E-state index contributed by atoms with van der Waals surface area (Å²) >= 11 is 0. The Labute approximate surface area is 76.8 Å². The van der Waals surface area contributed by atoms with Crippen LogP contribution in [0.3, 0.4) is 0 Å². The molecule has 0 aliphatic rings. The second-order valence-electron chi connectivity index (χ2n) is 2.70. The molecule has 2 heteroatoms. The van der Waals surface area contributed by atoms with Crippen LogP contribution in [0.4, 0.5) is 0 Å². The molecule has 0 radical (unpaired) electrons. The molecule has 0 fully saturated rings. The molecule has 0 aliphatic carbocycles. The molecule has 0 amide bonds. The first-order valence-corrected chi connectivity index (χ1v) is 4.52. The highest BCUT2D eigenvalue weighted by molar-refractivity contribution is 5.69. The van der Waals surface area contributed by atoms with Gasteiger partial charge in [0.1, 0.15) is 0 Å². The molecule has 0 saturated heterocycles. The van der Waals surface area contributed by atoms with Crippen molar-refractivity contribution < 1.29 is 0 Å². The Balaban J connectivity index is 0. The third-order valence-electron chi connectivity index (χ3n) is 1.07. The van der Waals surface area contributed by atoms with Crippen LogP contribution in [0.1, 0.15) is 34.6 Å². The van der Waals surface area contributed by atoms with Gasteiger partial charge >= 0.3 is 0 Å². The van der Waals surface area contributed by atoms with Crippen molar-refractivity contribution >= 4 is 6.21 Å². The standard InChI is InChI=1S/C8H16N2.C2H6/c1-5-9-7-8(3,4)10-6-2;1-2/h6-7,10H,2,5H2,1,3-4H3;1-2H3. The molecule has 0 rings (SSSR count). The van der Waals surface area contributed by atoms with Crippen molar-refractivity contribution in [3.63, 3.8) is 0 Å². The van der Waals surface area contributed by atoms with E-state index in [4.69, 9.17) is 0 Å². The molecule has 0 unspecified atom stereocenters. The molecule has 0 heterocycles. The predicted octanol–water partition coefficient (Wildman–Crippen LogP) is 2.62. The fourth-order valence-electron chi connectivity index (χ4n) is 0.620. The first kappa shape index (κ1) is 13.8. The average Bonchev–Trinajstić information content (AvgIpc) is 2.05. The molecular weight excluding hydrogens is 148 g/mol. The molecule has 1 N–H and O–H groups in total. The highest BCUT2D eigenvalue weighted by atomic mass is 14.9. The normalized spacial score (nSPS) is 10.4. The lowest BCUT2D eigenvalue weighted by atomic mass is 10.1. The summed E-state index contributed by atoms with van der Waals surface area (Å²) in [5.41, 5.74) is -0.0578. The lowest BCUT2D eigenvalue weighted by Crippen LogP contribution is -2.36. The van der Waals surface area contributed by atoms with Crippen LogP contribution in [0.15, 0.2) is 17.8 Å². The summed E-state index contributed by atoms with van der Waals surface area (Å²) in [6.07, 6.45) is 3.58. The zero-order chi connectivity index (χ0) is 10.0. The van der Waals surface area contributed by atoms with E-state index in [-0.39, 0.29) is 5.54 Å². The highest BCUT2D eigenvalue weighted by Crippen LogP contribution is 1.96. The van der Waals surface area contributed by atoms with Gasteiger partial charge in [-0.3, -0.25) is 4.99 Å². The van der Waals surface area contributed by atoms with E-state index in [1.165, 1.54) is 0 Å². The minimum atomic E-state index is -0.0578. The number of aliphatic imine (C=N–C) groups is 1. The Bertz CT molecular complexity index is 126. The first-order chi connectivity index (χ1) is 5.62. The zero-order valence-electron chi connectivity index (χ0n) is 9.02. The van der Waals surface area contributed by atoms with Gasteiger partial charge in [0, 0.05) is 12.8 Å². The summed E-state index contributed by atoms with van der Waals surface area (Å²) in [4.78, 5) is 4.13. The van der Waals surface area contributed by atoms with E-state index in [0.29, 0.717) is 0 Å². The molecule has 0 aromatic carbocycles. The second-order valence-corrected chi connectivity index (χ2v) is 2.70. The predicted molar refractivity (Wildman–Crippen MR) is 57.8 cm³/mol. The van der Waals surface area contributed by atoms with E-state index < -0.39 is 0 Å². The average molecular weight is 170 g/mol. The highest BCUT2D eigenvalue weighted by Gasteiger charge is 2.09. The van der Waals surface area contributed by atoms with E-state index in [1.807, 2.05) is 40.8 Å². The fraction of sp³-hybridized carbons (Fsp3) is 0.700. The van der Waals surface area contributed by atoms with Gasteiger partial charge < -0.3 is 5.32 Å². The van der Waals surface area contributed by atoms with Crippen molar-refractivity contribution in [1.29, 1.82) is 0 Å². The third kappa shape index (κ3) is 9.21. The topological polar surface area (TPSA) is 24.4 Å². The summed E-state index contributed by atoms with van der Waals surface area (Å²) in [6.45, 7) is 14.5. The molecule has 2 nitrogen and oxygen atoms in total. The smallest absolute Gasteiger partial charge is 0.0660 e. The van der Waals surface area contributed by atoms with Crippen LogP contribution < -0.4 is 5.32 Å². The number of nitrogens with one attached hydrogen (secondary N) is 1. The van der Waals surface area contributed by atoms with Crippen molar-refractivity contribution in [2.24, 2.45) is 4.99 Å². The maximum Gasteiger partial charge on any atom is 0.0660 e. The number of nitrogens with zero attached hydrogens (tertiary/aromatic N) is 1. The zero-order valence-corrected chi connectivity index (χ0v) is 9.02. The fourth-order valence-corrected chi connectivity index (χ4v) is 0.620. The van der Waals surface area contributed by atoms with Gasteiger partial charge in [-0.15, -0.1) is 0 Å². The maximum atomic E-state index is 4.13. The van der Waals surface area contributed by atoms with Gasteiger partial charge in [0.15, 0.2) is 0 Å². The van der Waals surface area contributed by atoms with Crippen LogP contribution >= 0.6 is 0 Å². The van der Waals surface area contributed by atoms with Gasteiger partial charge in [0.25, 0.3) is 0 Å². The monoisotopic (exact) mass is 170 g/mol. The summed E-state index contributed by atoms with van der Waals surface area (Å²) in [6, 6.07) is 0. The third-order valence-corrected chi connectivity index (χ3v) is 1.07. The van der Waals surface area contributed by atoms with Crippen LogP contribution in [0, 0.1) is 0 Å². The van der Waals surface area contributed by atoms with E-state index >= 15 is 0 Å². The van der Waals surface area contributed by atoms with Crippen LogP contribution in [0.25, 0.3) is 0 Å². The van der Waals surface area contributed by atoms with Crippen molar-refractivity contribution in [3.05, 3.63) is 12.8 Å². The largest absolute Gasteiger partial charge is 0.382 e. The Morgan fingerprint density at radius 1 is 1.42 bits per heavy atom. The summed E-state index contributed by atoms with van der Waals surface area (Å²) < 4.78 is 0. The van der Waals surface area contributed by atoms with Crippen LogP contribution in [-0.4, -0.2) is 18.3 Å². The lowest BCUT2D eigenvalue weighted by molar-refractivity contribution is 0.602. The summed E-state index contributed by atoms with van der Waals surface area (Å²) in [5, 5.41) is 3.07. The Kier molecular flexibility index (Phi) is 9.54. The molecule has 0 bridgehead atoms. The van der Waals surface area contributed by atoms with Gasteiger partial charge in [0.2, 0.25) is 0 Å². The molecule has 12 heavy (non-hydrogen) atoms. The number of hydrogen-bond donors (Lipinski definition) is 1. The molecule has 72 valence electrons. The molecule has 0 aromatic rings. The van der Waals surface area contributed by atoms with Gasteiger partial charge in [-0.2, -0.15) is 0 Å². The van der Waals surface area contributed by atoms with Crippen molar-refractivity contribution in [3.8, 4) is 0 Å². The van der Waals surface area contributed by atoms with E-state index in [9.17, 15) is 0 Å². The lowest BCUT2D eigenvalue weighted by Gasteiger charge is -2.18. The minimum absolute atomic E-state index is 0.0578. The van der Waals surface area contributed by atoms with Crippen LogP contribution in [-0.2, 0) is 0 Å². The Morgan fingerprint density at radius 2 is 1.92 bits per heavy atom. The van der Waals surface area contributed by atoms with Crippen molar-refractivity contribution in [1.82, 2.24) is 5.32 Å². The van der Waals surface area contributed by atoms with Gasteiger partial charge in [-0.1, -0.05) is 20.4 Å². The Morgan fingerprint density at radius 3 is 2.25 bits per heavy atom. The second kappa shape index (κ2) is 8.31. The van der Waals surface area contributed by atoms with E-state index in [0.717, 1.165) is 6.54 Å². The molecule has 0 atom stereocenters. The van der Waals surface area contributed by atoms with Gasteiger partial charge in [0.05, 0.1) is 5.54 Å². The van der Waals surface area contributed by atoms with Crippen LogP contribution in [0.2, 0.25) is 0 Å². The summed E-state index contributed by atoms with van der Waals surface area (Å²) in [7, 11) is 0. The minimum Gasteiger partial charge on any atom is -0.382 e. The molecule has 0 spiro atoms. The number of rotatable bonds is 4. The van der Waals surface area contributed by atoms with Gasteiger partial charge in [-0.05, 0) is 27.0 Å². The molecule has 0 saturated carbocycles. The SMILES string of the molecule is C=CNC(C)(C)C=NCC.CC. The van der Waals surface area contributed by atoms with E-state index in [2.05, 4.69) is 16.9 Å². The van der Waals surface area contributed by atoms with Crippen molar-refractivity contribution in [2.45, 2.75) is 40.2 Å². The first-order valence-electron chi connectivity index (χ1n) is 4.52. The summed E-state index contributed by atoms with van der Waals surface area (Å²) in [5.74, 6) is 0. The van der Waals surface area contributed by atoms with Crippen LogP contribution in [0.5, 0.6) is 0 Å². The number of hydrogen-bond acceptors (Lipinski definition) is 2. The van der Waals surface area contributed by atoms with Gasteiger partial charge in [-0.25, -0.2) is 0 Å². The van der Waals surface area contributed by atoms with Crippen molar-refractivity contribution in [2.75, 3.05) is 6.54 Å². The molecule has 0 aliphatic heterocycles. The molecule has 0 aromatic heterocycles. The quantitative estimate of drug-likeness (QED) is 0.644. The Hall–Kier alpha value is -0.790. The molecular formula is C10H22N2. The van der Waals surface area contributed by atoms with E-state index in [1.54, 1.807) is 6.20 Å².